The Morgan fingerprint density at radius 2 is 2.15 bits per heavy atom. The fourth-order valence-corrected chi connectivity index (χ4v) is 4.48. The molecule has 0 spiro atoms. The number of carbonyl (C=O) groups excluding carboxylic acids is 1. The second-order valence-electron chi connectivity index (χ2n) is 7.67. The zero-order chi connectivity index (χ0) is 22.9. The van der Waals surface area contributed by atoms with E-state index in [0.717, 1.165) is 28.5 Å². The minimum atomic E-state index is -0.299. The third kappa shape index (κ3) is 4.31. The first-order chi connectivity index (χ1) is 16.0. The van der Waals surface area contributed by atoms with E-state index in [2.05, 4.69) is 41.5 Å². The number of ether oxygens (including phenoxy) is 1. The van der Waals surface area contributed by atoms with Gasteiger partial charge >= 0.3 is 0 Å². The van der Waals surface area contributed by atoms with Crippen LogP contribution in [0.1, 0.15) is 28.6 Å². The molecule has 3 N–H and O–H groups in total. The van der Waals surface area contributed by atoms with Gasteiger partial charge in [-0.15, -0.1) is 0 Å². The standard InChI is InChI=1S/C23H20BrClN6O2/c1-33-10-20(23-29-16-5-4-12(24)7-19(16)30-23)31-22-14-8-15(25)13(9-18(14)27-11-28-22)21(32)17-3-2-6-26-17/h3-5,7-9,11,20,26H,2,6,10H2,1H3,(H,29,30)(H,27,28,31)/t20-/m1/s1. The van der Waals surface area contributed by atoms with Crippen molar-refractivity contribution in [2.24, 2.45) is 0 Å². The van der Waals surface area contributed by atoms with Crippen molar-refractivity contribution in [1.29, 1.82) is 0 Å². The zero-order valence-corrected chi connectivity index (χ0v) is 20.0. The molecule has 4 aromatic rings. The lowest BCUT2D eigenvalue weighted by Gasteiger charge is -2.18. The van der Waals surface area contributed by atoms with Crippen LogP contribution in [-0.2, 0) is 4.74 Å². The van der Waals surface area contributed by atoms with E-state index in [4.69, 9.17) is 21.3 Å². The maximum Gasteiger partial charge on any atom is 0.210 e. The minimum Gasteiger partial charge on any atom is -0.382 e. The highest BCUT2D eigenvalue weighted by Gasteiger charge is 2.22. The smallest absolute Gasteiger partial charge is 0.210 e. The number of aromatic amines is 1. The molecule has 33 heavy (non-hydrogen) atoms. The summed E-state index contributed by atoms with van der Waals surface area (Å²) in [6.45, 7) is 1.11. The predicted octanol–water partition coefficient (Wildman–Crippen LogP) is 4.78. The van der Waals surface area contributed by atoms with Gasteiger partial charge in [0.05, 0.1) is 33.9 Å². The molecule has 0 radical (unpaired) electrons. The minimum absolute atomic E-state index is 0.141. The summed E-state index contributed by atoms with van der Waals surface area (Å²) in [6, 6.07) is 8.99. The van der Waals surface area contributed by atoms with E-state index in [1.54, 1.807) is 19.2 Å². The van der Waals surface area contributed by atoms with E-state index < -0.39 is 0 Å². The van der Waals surface area contributed by atoms with Crippen LogP contribution in [0.25, 0.3) is 21.9 Å². The van der Waals surface area contributed by atoms with Gasteiger partial charge in [0.15, 0.2) is 0 Å². The molecule has 2 aromatic heterocycles. The monoisotopic (exact) mass is 526 g/mol. The van der Waals surface area contributed by atoms with Gasteiger partial charge < -0.3 is 20.4 Å². The van der Waals surface area contributed by atoms with Gasteiger partial charge in [-0.25, -0.2) is 15.0 Å². The van der Waals surface area contributed by atoms with Gasteiger partial charge in [-0.1, -0.05) is 33.6 Å². The number of rotatable bonds is 7. The molecule has 3 heterocycles. The molecular formula is C23H20BrClN6O2. The third-order valence-electron chi connectivity index (χ3n) is 5.46. The van der Waals surface area contributed by atoms with Crippen LogP contribution in [0.3, 0.4) is 0 Å². The first-order valence-electron chi connectivity index (χ1n) is 10.4. The number of imidazole rings is 1. The number of benzene rings is 2. The van der Waals surface area contributed by atoms with Crippen molar-refractivity contribution in [1.82, 2.24) is 25.3 Å². The van der Waals surface area contributed by atoms with E-state index in [1.165, 1.54) is 6.33 Å². The molecule has 0 amide bonds. The fraction of sp³-hybridized carbons (Fsp3) is 0.217. The SMILES string of the molecule is COC[C@@H](Nc1ncnc2cc(C(=O)C3=CCCN3)c(Cl)cc12)c1nc2ccc(Br)cc2[nH]1. The largest absolute Gasteiger partial charge is 0.382 e. The van der Waals surface area contributed by atoms with Gasteiger partial charge in [-0.05, 0) is 36.8 Å². The molecular weight excluding hydrogens is 508 g/mol. The molecule has 0 saturated carbocycles. The Hall–Kier alpha value is -3.01. The average molecular weight is 528 g/mol. The van der Waals surface area contributed by atoms with Crippen LogP contribution in [0, 0.1) is 0 Å². The van der Waals surface area contributed by atoms with Gasteiger partial charge in [-0.3, -0.25) is 4.79 Å². The summed E-state index contributed by atoms with van der Waals surface area (Å²) in [5.41, 5.74) is 3.36. The number of hydrogen-bond acceptors (Lipinski definition) is 7. The Balaban J connectivity index is 1.51. The highest BCUT2D eigenvalue weighted by molar-refractivity contribution is 9.10. The number of anilines is 1. The van der Waals surface area contributed by atoms with Crippen LogP contribution in [-0.4, -0.2) is 46.0 Å². The molecule has 1 atom stereocenters. The quantitative estimate of drug-likeness (QED) is 0.297. The Bertz CT molecular complexity index is 1400. The molecule has 0 fully saturated rings. The Kier molecular flexibility index (Phi) is 6.01. The number of nitrogens with zero attached hydrogens (tertiary/aromatic N) is 3. The van der Waals surface area contributed by atoms with Gasteiger partial charge in [0.1, 0.15) is 24.0 Å². The van der Waals surface area contributed by atoms with Crippen molar-refractivity contribution >= 4 is 61.1 Å². The number of hydrogen-bond donors (Lipinski definition) is 3. The Labute approximate surface area is 202 Å². The van der Waals surface area contributed by atoms with Crippen molar-refractivity contribution in [2.45, 2.75) is 12.5 Å². The molecule has 8 nitrogen and oxygen atoms in total. The molecule has 1 aliphatic rings. The van der Waals surface area contributed by atoms with E-state index in [1.807, 2.05) is 24.3 Å². The molecule has 0 bridgehead atoms. The van der Waals surface area contributed by atoms with Crippen LogP contribution in [0.2, 0.25) is 5.02 Å². The second-order valence-corrected chi connectivity index (χ2v) is 8.99. The van der Waals surface area contributed by atoms with Crippen molar-refractivity contribution in [3.05, 3.63) is 69.3 Å². The number of allylic oxidation sites excluding steroid dienone is 1. The van der Waals surface area contributed by atoms with Crippen molar-refractivity contribution in [2.75, 3.05) is 25.6 Å². The van der Waals surface area contributed by atoms with Crippen LogP contribution < -0.4 is 10.6 Å². The molecule has 168 valence electrons. The fourth-order valence-electron chi connectivity index (χ4n) is 3.87. The first-order valence-corrected chi connectivity index (χ1v) is 11.5. The summed E-state index contributed by atoms with van der Waals surface area (Å²) >= 11 is 10.0. The van der Waals surface area contributed by atoms with E-state index in [9.17, 15) is 4.79 Å². The molecule has 0 aliphatic carbocycles. The van der Waals surface area contributed by atoms with E-state index in [0.29, 0.717) is 45.4 Å². The average Bonchev–Trinajstić information content (AvgIpc) is 3.48. The van der Waals surface area contributed by atoms with Gasteiger partial charge in [0.2, 0.25) is 5.78 Å². The summed E-state index contributed by atoms with van der Waals surface area (Å²) in [6.07, 6.45) is 4.17. The number of H-pyrrole nitrogens is 1. The number of halogens is 2. The predicted molar refractivity (Wildman–Crippen MR) is 132 cm³/mol. The summed E-state index contributed by atoms with van der Waals surface area (Å²) in [4.78, 5) is 29.7. The van der Waals surface area contributed by atoms with E-state index >= 15 is 0 Å². The van der Waals surface area contributed by atoms with Crippen molar-refractivity contribution in [3.63, 3.8) is 0 Å². The summed E-state index contributed by atoms with van der Waals surface area (Å²) < 4.78 is 6.40. The lowest BCUT2D eigenvalue weighted by atomic mass is 10.1. The number of fused-ring (bicyclic) bond motifs is 2. The summed E-state index contributed by atoms with van der Waals surface area (Å²) in [5.74, 6) is 1.15. The van der Waals surface area contributed by atoms with Gasteiger partial charge in [0.25, 0.3) is 0 Å². The third-order valence-corrected chi connectivity index (χ3v) is 6.26. The maximum absolute atomic E-state index is 12.8. The molecule has 0 unspecified atom stereocenters. The van der Waals surface area contributed by atoms with Crippen molar-refractivity contribution in [3.8, 4) is 0 Å². The highest BCUT2D eigenvalue weighted by Crippen LogP contribution is 2.30. The number of ketones is 1. The molecule has 0 saturated heterocycles. The Morgan fingerprint density at radius 3 is 2.94 bits per heavy atom. The van der Waals surface area contributed by atoms with Crippen LogP contribution in [0.4, 0.5) is 5.82 Å². The molecule has 5 rings (SSSR count). The number of carbonyl (C=O) groups is 1. The number of nitrogens with one attached hydrogen (secondary N) is 3. The van der Waals surface area contributed by atoms with Gasteiger partial charge in [-0.2, -0.15) is 0 Å². The topological polar surface area (TPSA) is 105 Å². The summed E-state index contributed by atoms with van der Waals surface area (Å²) in [5, 5.41) is 7.54. The summed E-state index contributed by atoms with van der Waals surface area (Å²) in [7, 11) is 1.63. The van der Waals surface area contributed by atoms with Gasteiger partial charge in [0, 0.05) is 29.1 Å². The van der Waals surface area contributed by atoms with E-state index in [-0.39, 0.29) is 11.8 Å². The number of methoxy groups -OCH3 is 1. The maximum atomic E-state index is 12.8. The lowest BCUT2D eigenvalue weighted by molar-refractivity contribution is 0.102. The van der Waals surface area contributed by atoms with Crippen molar-refractivity contribution < 1.29 is 9.53 Å². The lowest BCUT2D eigenvalue weighted by Crippen LogP contribution is -2.19. The molecule has 1 aliphatic heterocycles. The number of Topliss-reactive ketones (excluding diaryl/α,β-unsaturated/α-hetero) is 1. The van der Waals surface area contributed by atoms with Crippen LogP contribution >= 0.6 is 27.5 Å². The molecule has 10 heteroatoms. The zero-order valence-electron chi connectivity index (χ0n) is 17.7. The second kappa shape index (κ2) is 9.09. The number of aromatic nitrogens is 4. The normalized spacial score (nSPS) is 14.3. The Morgan fingerprint density at radius 1 is 1.27 bits per heavy atom. The van der Waals surface area contributed by atoms with Crippen LogP contribution in [0.15, 0.2) is 52.9 Å². The highest BCUT2D eigenvalue weighted by atomic mass is 79.9. The first kappa shape index (κ1) is 21.8. The molecule has 2 aromatic carbocycles. The van der Waals surface area contributed by atoms with Crippen LogP contribution in [0.5, 0.6) is 0 Å².